The van der Waals surface area contributed by atoms with Gasteiger partial charge in [-0.2, -0.15) is 4.31 Å². The molecule has 5 rings (SSSR count). The molecule has 0 N–H and O–H groups in total. The normalized spacial score (nSPS) is 15.2. The summed E-state index contributed by atoms with van der Waals surface area (Å²) in [6.45, 7) is 0.165. The second-order valence-electron chi connectivity index (χ2n) is 8.75. The van der Waals surface area contributed by atoms with Gasteiger partial charge in [-0.15, -0.1) is 0 Å². The predicted octanol–water partition coefficient (Wildman–Crippen LogP) is 5.35. The van der Waals surface area contributed by atoms with Gasteiger partial charge < -0.3 is 0 Å². The van der Waals surface area contributed by atoms with Gasteiger partial charge in [0.1, 0.15) is 27.9 Å². The van der Waals surface area contributed by atoms with E-state index in [-0.39, 0.29) is 43.9 Å². The summed E-state index contributed by atoms with van der Waals surface area (Å²) in [4.78, 5) is 18.9. The van der Waals surface area contributed by atoms with Crippen LogP contribution in [0.3, 0.4) is 0 Å². The second kappa shape index (κ2) is 10.2. The predicted molar refractivity (Wildman–Crippen MR) is 135 cm³/mol. The number of carbonyl (C=O) groups is 1. The molecule has 0 saturated carbocycles. The molecule has 0 aliphatic carbocycles. The number of para-hydroxylation sites is 1. The number of sulfonamides is 1. The van der Waals surface area contributed by atoms with Crippen LogP contribution < -0.4 is 4.90 Å². The van der Waals surface area contributed by atoms with E-state index >= 15 is 0 Å². The van der Waals surface area contributed by atoms with E-state index in [1.807, 2.05) is 30.3 Å². The fourth-order valence-electron chi connectivity index (χ4n) is 4.40. The molecular formula is C26H22F3N3O3S2. The van der Waals surface area contributed by atoms with Crippen LogP contribution in [0.1, 0.15) is 18.4 Å². The van der Waals surface area contributed by atoms with Gasteiger partial charge in [-0.3, -0.25) is 9.69 Å². The summed E-state index contributed by atoms with van der Waals surface area (Å²) in [6.07, 6.45) is 0.388. The van der Waals surface area contributed by atoms with E-state index < -0.39 is 38.3 Å². The minimum Gasteiger partial charge on any atom is -0.283 e. The van der Waals surface area contributed by atoms with E-state index in [0.29, 0.717) is 15.9 Å². The Kier molecular flexibility index (Phi) is 7.02. The summed E-state index contributed by atoms with van der Waals surface area (Å²) < 4.78 is 69.7. The Morgan fingerprint density at radius 2 is 1.70 bits per heavy atom. The van der Waals surface area contributed by atoms with Crippen molar-refractivity contribution in [3.63, 3.8) is 0 Å². The van der Waals surface area contributed by atoms with Gasteiger partial charge in [-0.1, -0.05) is 47.7 Å². The molecule has 1 aliphatic rings. The largest absolute Gasteiger partial charge is 0.283 e. The highest BCUT2D eigenvalue weighted by Crippen LogP contribution is 2.34. The number of benzene rings is 3. The van der Waals surface area contributed by atoms with Crippen molar-refractivity contribution >= 4 is 42.6 Å². The van der Waals surface area contributed by atoms with Gasteiger partial charge in [0.05, 0.1) is 11.2 Å². The third kappa shape index (κ3) is 5.11. The zero-order valence-electron chi connectivity index (χ0n) is 19.5. The van der Waals surface area contributed by atoms with E-state index in [9.17, 15) is 26.4 Å². The first-order chi connectivity index (χ1) is 17.7. The minimum atomic E-state index is -4.27. The van der Waals surface area contributed by atoms with E-state index in [0.717, 1.165) is 22.0 Å². The quantitative estimate of drug-likeness (QED) is 0.328. The van der Waals surface area contributed by atoms with Crippen molar-refractivity contribution < 1.29 is 26.4 Å². The fourth-order valence-corrected chi connectivity index (χ4v) is 6.93. The molecule has 0 atom stereocenters. The third-order valence-electron chi connectivity index (χ3n) is 6.35. The molecule has 4 aromatic rings. The Morgan fingerprint density at radius 1 is 0.973 bits per heavy atom. The topological polar surface area (TPSA) is 70.6 Å². The third-order valence-corrected chi connectivity index (χ3v) is 9.31. The number of thiazole rings is 1. The maximum atomic E-state index is 14.3. The maximum Gasteiger partial charge on any atom is 0.246 e. The van der Waals surface area contributed by atoms with Gasteiger partial charge >= 0.3 is 0 Å². The van der Waals surface area contributed by atoms with Crippen LogP contribution in [0.2, 0.25) is 0 Å². The SMILES string of the molecule is O=C(C1CCN(S(=O)(=O)c2cc(F)ccc2F)CC1)N(Cc1ccccc1)c1nc2c(F)cccc2s1. The molecule has 1 aromatic heterocycles. The summed E-state index contributed by atoms with van der Waals surface area (Å²) in [5, 5.41) is 0.353. The van der Waals surface area contributed by atoms with Gasteiger partial charge in [-0.25, -0.2) is 26.6 Å². The lowest BCUT2D eigenvalue weighted by Gasteiger charge is -2.33. The Morgan fingerprint density at radius 3 is 2.41 bits per heavy atom. The van der Waals surface area contributed by atoms with Gasteiger partial charge in [0.2, 0.25) is 15.9 Å². The van der Waals surface area contributed by atoms with E-state index in [1.54, 1.807) is 12.1 Å². The molecule has 37 heavy (non-hydrogen) atoms. The van der Waals surface area contributed by atoms with Gasteiger partial charge in [0.15, 0.2) is 5.13 Å². The van der Waals surface area contributed by atoms with E-state index in [2.05, 4.69) is 4.98 Å². The molecule has 1 amide bonds. The highest BCUT2D eigenvalue weighted by Gasteiger charge is 2.36. The Bertz CT molecular complexity index is 1550. The van der Waals surface area contributed by atoms with Gasteiger partial charge in [-0.05, 0) is 48.7 Å². The number of fused-ring (bicyclic) bond motifs is 1. The van der Waals surface area contributed by atoms with E-state index in [1.165, 1.54) is 22.3 Å². The fraction of sp³-hybridized carbons (Fsp3) is 0.231. The maximum absolute atomic E-state index is 14.3. The number of carbonyl (C=O) groups excluding carboxylic acids is 1. The molecule has 1 saturated heterocycles. The van der Waals surface area contributed by atoms with Crippen LogP contribution in [-0.2, 0) is 21.4 Å². The second-order valence-corrected chi connectivity index (χ2v) is 11.7. The standard InChI is InChI=1S/C26H22F3N3O3S2/c27-19-9-10-20(28)23(15-19)37(34,35)31-13-11-18(12-14-31)25(33)32(16-17-5-2-1-3-6-17)26-30-24-21(29)7-4-8-22(24)36-26/h1-10,15,18H,11-14,16H2. The first-order valence-corrected chi connectivity index (χ1v) is 13.9. The minimum absolute atomic E-state index is 0.0255. The van der Waals surface area contributed by atoms with Gasteiger partial charge in [0, 0.05) is 19.0 Å². The van der Waals surface area contributed by atoms with Gasteiger partial charge in [0.25, 0.3) is 0 Å². The molecule has 11 heteroatoms. The number of hydrogen-bond acceptors (Lipinski definition) is 5. The lowest BCUT2D eigenvalue weighted by atomic mass is 9.96. The molecule has 192 valence electrons. The average molecular weight is 546 g/mol. The van der Waals surface area contributed by atoms with Crippen LogP contribution in [0.5, 0.6) is 0 Å². The van der Waals surface area contributed by atoms with Crippen molar-refractivity contribution in [2.75, 3.05) is 18.0 Å². The number of rotatable bonds is 6. The van der Waals surface area contributed by atoms with Crippen molar-refractivity contribution in [3.8, 4) is 0 Å². The zero-order chi connectivity index (χ0) is 26.2. The Balaban J connectivity index is 1.38. The molecule has 6 nitrogen and oxygen atoms in total. The van der Waals surface area contributed by atoms with Crippen molar-refractivity contribution in [2.45, 2.75) is 24.3 Å². The molecule has 0 bridgehead atoms. The number of anilines is 1. The summed E-state index contributed by atoms with van der Waals surface area (Å²) in [5.41, 5.74) is 1.04. The molecule has 2 heterocycles. The summed E-state index contributed by atoms with van der Waals surface area (Å²) in [5.74, 6) is -3.14. The zero-order valence-corrected chi connectivity index (χ0v) is 21.1. The van der Waals surface area contributed by atoms with Crippen LogP contribution in [0.25, 0.3) is 10.2 Å². The molecule has 0 spiro atoms. The number of halogens is 3. The van der Waals surface area contributed by atoms with Crippen LogP contribution in [0.15, 0.2) is 71.6 Å². The number of nitrogens with zero attached hydrogens (tertiary/aromatic N) is 3. The smallest absolute Gasteiger partial charge is 0.246 e. The molecule has 1 fully saturated rings. The summed E-state index contributed by atoms with van der Waals surface area (Å²) in [6, 6.07) is 16.2. The monoisotopic (exact) mass is 545 g/mol. The number of amides is 1. The molecule has 1 aliphatic heterocycles. The van der Waals surface area contributed by atoms with Crippen LogP contribution in [0, 0.1) is 23.4 Å². The summed E-state index contributed by atoms with van der Waals surface area (Å²) in [7, 11) is -4.27. The molecule has 3 aromatic carbocycles. The highest BCUT2D eigenvalue weighted by molar-refractivity contribution is 7.89. The van der Waals surface area contributed by atoms with E-state index in [4.69, 9.17) is 0 Å². The van der Waals surface area contributed by atoms with Crippen molar-refractivity contribution in [1.82, 2.24) is 9.29 Å². The lowest BCUT2D eigenvalue weighted by Crippen LogP contribution is -2.44. The number of hydrogen-bond donors (Lipinski definition) is 0. The van der Waals surface area contributed by atoms with Crippen molar-refractivity contribution in [1.29, 1.82) is 0 Å². The first-order valence-electron chi connectivity index (χ1n) is 11.6. The number of aromatic nitrogens is 1. The Labute approximate surface area is 216 Å². The molecular weight excluding hydrogens is 523 g/mol. The summed E-state index contributed by atoms with van der Waals surface area (Å²) >= 11 is 1.21. The number of piperidine rings is 1. The average Bonchev–Trinajstić information content (AvgIpc) is 3.34. The highest BCUT2D eigenvalue weighted by atomic mass is 32.2. The first kappa shape index (κ1) is 25.4. The lowest BCUT2D eigenvalue weighted by molar-refractivity contribution is -0.123. The van der Waals surface area contributed by atoms with Crippen molar-refractivity contribution in [2.24, 2.45) is 5.92 Å². The van der Waals surface area contributed by atoms with Crippen LogP contribution >= 0.6 is 11.3 Å². The van der Waals surface area contributed by atoms with Crippen molar-refractivity contribution in [3.05, 3.63) is 89.7 Å². The Hall–Kier alpha value is -3.28. The molecule has 0 radical (unpaired) electrons. The van der Waals surface area contributed by atoms with Crippen LogP contribution in [-0.4, -0.2) is 36.7 Å². The molecule has 0 unspecified atom stereocenters. The van der Waals surface area contributed by atoms with Crippen LogP contribution in [0.4, 0.5) is 18.3 Å².